The molecule has 0 bridgehead atoms. The lowest BCUT2D eigenvalue weighted by Gasteiger charge is -2.41. The van der Waals surface area contributed by atoms with Gasteiger partial charge in [-0.15, -0.1) is 0 Å². The van der Waals surface area contributed by atoms with Gasteiger partial charge in [-0.1, -0.05) is 30.3 Å². The number of aromatic nitrogens is 1. The van der Waals surface area contributed by atoms with E-state index in [0.717, 1.165) is 42.8 Å². The number of hydrogen-bond donors (Lipinski definition) is 1. The minimum absolute atomic E-state index is 0.0132. The fraction of sp³-hybridized carbons (Fsp3) is 0.300. The molecule has 0 saturated carbocycles. The Labute approximate surface area is 215 Å². The summed E-state index contributed by atoms with van der Waals surface area (Å²) in [5.74, 6) is 1.08. The summed E-state index contributed by atoms with van der Waals surface area (Å²) in [5, 5.41) is 11.3. The van der Waals surface area contributed by atoms with Crippen LogP contribution in [0, 0.1) is 0 Å². The molecule has 0 radical (unpaired) electrons. The maximum Gasteiger partial charge on any atom is 0.337 e. The van der Waals surface area contributed by atoms with E-state index in [-0.39, 0.29) is 18.7 Å². The molecule has 3 heterocycles. The third-order valence-electron chi connectivity index (χ3n) is 7.75. The van der Waals surface area contributed by atoms with Gasteiger partial charge >= 0.3 is 5.97 Å². The van der Waals surface area contributed by atoms with Crippen molar-refractivity contribution in [2.75, 3.05) is 20.8 Å². The number of aliphatic hydroxyl groups is 1. The van der Waals surface area contributed by atoms with Crippen LogP contribution in [0.3, 0.4) is 0 Å². The predicted octanol–water partition coefficient (Wildman–Crippen LogP) is 4.62. The van der Waals surface area contributed by atoms with Crippen LogP contribution in [-0.4, -0.2) is 41.3 Å². The van der Waals surface area contributed by atoms with Gasteiger partial charge in [0, 0.05) is 30.2 Å². The second-order valence-electron chi connectivity index (χ2n) is 9.63. The number of ether oxygens (including phenoxy) is 3. The van der Waals surface area contributed by atoms with Crippen molar-refractivity contribution in [1.29, 1.82) is 0 Å². The first-order valence-corrected chi connectivity index (χ1v) is 12.6. The van der Waals surface area contributed by atoms with E-state index in [1.54, 1.807) is 19.2 Å². The van der Waals surface area contributed by atoms with E-state index < -0.39 is 0 Å². The van der Waals surface area contributed by atoms with Crippen LogP contribution in [0.25, 0.3) is 10.9 Å². The highest BCUT2D eigenvalue weighted by Gasteiger charge is 2.35. The molecule has 0 fully saturated rings. The second kappa shape index (κ2) is 9.57. The molecule has 1 atom stereocenters. The summed E-state index contributed by atoms with van der Waals surface area (Å²) >= 11 is 0. The third-order valence-corrected chi connectivity index (χ3v) is 7.75. The molecule has 0 spiro atoms. The van der Waals surface area contributed by atoms with E-state index in [9.17, 15) is 9.90 Å². The molecule has 7 nitrogen and oxygen atoms in total. The van der Waals surface area contributed by atoms with Crippen LogP contribution >= 0.6 is 0 Å². The van der Waals surface area contributed by atoms with Gasteiger partial charge in [0.2, 0.25) is 0 Å². The van der Waals surface area contributed by atoms with E-state index >= 15 is 0 Å². The zero-order chi connectivity index (χ0) is 25.5. The van der Waals surface area contributed by atoms with Gasteiger partial charge in [-0.3, -0.25) is 4.90 Å². The second-order valence-corrected chi connectivity index (χ2v) is 9.63. The lowest BCUT2D eigenvalue weighted by molar-refractivity contribution is 0.0600. The minimum Gasteiger partial charge on any atom is -0.493 e. The molecule has 3 aromatic carbocycles. The summed E-state index contributed by atoms with van der Waals surface area (Å²) in [6.45, 7) is 2.11. The summed E-state index contributed by atoms with van der Waals surface area (Å²) in [6.07, 6.45) is 1.82. The maximum absolute atomic E-state index is 11.7. The van der Waals surface area contributed by atoms with Crippen molar-refractivity contribution in [3.05, 3.63) is 94.2 Å². The van der Waals surface area contributed by atoms with Gasteiger partial charge in [-0.25, -0.2) is 4.79 Å². The first kappa shape index (κ1) is 23.6. The molecule has 1 N–H and O–H groups in total. The van der Waals surface area contributed by atoms with Crippen LogP contribution in [0.2, 0.25) is 0 Å². The molecule has 4 aromatic rings. The summed E-state index contributed by atoms with van der Waals surface area (Å²) in [4.78, 5) is 14.2. The summed E-state index contributed by atoms with van der Waals surface area (Å²) in [5.41, 5.74) is 7.65. The van der Waals surface area contributed by atoms with Crippen molar-refractivity contribution < 1.29 is 24.1 Å². The fourth-order valence-electron chi connectivity index (χ4n) is 5.86. The Morgan fingerprint density at radius 2 is 1.86 bits per heavy atom. The Hall–Kier alpha value is -3.81. The average molecular weight is 499 g/mol. The quantitative estimate of drug-likeness (QED) is 0.391. The number of hydrogen-bond acceptors (Lipinski definition) is 6. The van der Waals surface area contributed by atoms with Crippen LogP contribution < -0.4 is 9.47 Å². The molecule has 0 saturated heterocycles. The number of nitrogens with zero attached hydrogens (tertiary/aromatic N) is 2. The van der Waals surface area contributed by atoms with Crippen LogP contribution in [0.15, 0.2) is 60.7 Å². The molecule has 1 unspecified atom stereocenters. The SMILES string of the molecule is COC(=O)c1ccc(COc2cc3c(cc2OC)CCN2Cc4c(c5ccccc5n4CO)CC32)cc1. The standard InChI is InChI=1S/C30H30N2O5/c1-35-28-13-21-11-12-31-16-27-24(22-5-3-4-6-25(22)32(27)18-33)14-26(31)23(21)15-29(28)37-17-19-7-9-20(10-8-19)30(34)36-2/h3-10,13,15,26,33H,11-12,14,16-18H2,1-2H3. The smallest absolute Gasteiger partial charge is 0.337 e. The number of carbonyl (C=O) groups excluding carboxylic acids is 1. The monoisotopic (exact) mass is 498 g/mol. The Bertz CT molecular complexity index is 1470. The summed E-state index contributed by atoms with van der Waals surface area (Å²) < 4.78 is 18.8. The summed E-state index contributed by atoms with van der Waals surface area (Å²) in [7, 11) is 3.05. The zero-order valence-electron chi connectivity index (χ0n) is 21.1. The first-order chi connectivity index (χ1) is 18.1. The van der Waals surface area contributed by atoms with Crippen molar-refractivity contribution in [2.45, 2.75) is 38.8 Å². The normalized spacial score (nSPS) is 16.6. The van der Waals surface area contributed by atoms with E-state index in [1.807, 2.05) is 22.8 Å². The molecule has 6 rings (SSSR count). The molecular formula is C30H30N2O5. The molecule has 1 aromatic heterocycles. The van der Waals surface area contributed by atoms with Gasteiger partial charge in [-0.05, 0) is 65.4 Å². The molecule has 190 valence electrons. The molecular weight excluding hydrogens is 468 g/mol. The highest BCUT2D eigenvalue weighted by atomic mass is 16.5. The lowest BCUT2D eigenvalue weighted by atomic mass is 9.85. The molecule has 0 aliphatic carbocycles. The molecule has 2 aliphatic rings. The molecule has 0 amide bonds. The van der Waals surface area contributed by atoms with Crippen LogP contribution in [0.1, 0.15) is 44.3 Å². The van der Waals surface area contributed by atoms with Gasteiger partial charge in [0.05, 0.1) is 25.3 Å². The Morgan fingerprint density at radius 1 is 1.05 bits per heavy atom. The number of rotatable bonds is 6. The third kappa shape index (κ3) is 4.04. The average Bonchev–Trinajstić information content (AvgIpc) is 3.26. The van der Waals surface area contributed by atoms with E-state index in [0.29, 0.717) is 17.9 Å². The van der Waals surface area contributed by atoms with E-state index in [4.69, 9.17) is 14.2 Å². The fourth-order valence-corrected chi connectivity index (χ4v) is 5.86. The van der Waals surface area contributed by atoms with Crippen LogP contribution in [0.4, 0.5) is 0 Å². The van der Waals surface area contributed by atoms with Crippen molar-refractivity contribution in [3.8, 4) is 11.5 Å². The lowest BCUT2D eigenvalue weighted by Crippen LogP contribution is -2.39. The number of carbonyl (C=O) groups is 1. The van der Waals surface area contributed by atoms with Gasteiger partial charge in [0.15, 0.2) is 11.5 Å². The van der Waals surface area contributed by atoms with Gasteiger partial charge < -0.3 is 23.9 Å². The summed E-state index contributed by atoms with van der Waals surface area (Å²) in [6, 6.07) is 20.1. The topological polar surface area (TPSA) is 73.2 Å². The first-order valence-electron chi connectivity index (χ1n) is 12.6. The van der Waals surface area contributed by atoms with E-state index in [2.05, 4.69) is 35.2 Å². The van der Waals surface area contributed by atoms with Crippen molar-refractivity contribution in [2.24, 2.45) is 0 Å². The Morgan fingerprint density at radius 3 is 2.62 bits per heavy atom. The van der Waals surface area contributed by atoms with Crippen LogP contribution in [0.5, 0.6) is 11.5 Å². The van der Waals surface area contributed by atoms with Crippen LogP contribution in [-0.2, 0) is 37.5 Å². The van der Waals surface area contributed by atoms with Gasteiger partial charge in [0.1, 0.15) is 13.3 Å². The number of fused-ring (bicyclic) bond motifs is 6. The number of para-hydroxylation sites is 1. The Kier molecular flexibility index (Phi) is 6.10. The highest BCUT2D eigenvalue weighted by molar-refractivity contribution is 5.89. The number of benzene rings is 3. The number of esters is 1. The minimum atomic E-state index is -0.355. The molecule has 37 heavy (non-hydrogen) atoms. The molecule has 7 heteroatoms. The van der Waals surface area contributed by atoms with Crippen molar-refractivity contribution >= 4 is 16.9 Å². The van der Waals surface area contributed by atoms with Gasteiger partial charge in [0.25, 0.3) is 0 Å². The van der Waals surface area contributed by atoms with Gasteiger partial charge in [-0.2, -0.15) is 0 Å². The zero-order valence-corrected chi connectivity index (χ0v) is 21.1. The Balaban J connectivity index is 1.31. The highest BCUT2D eigenvalue weighted by Crippen LogP contribution is 2.44. The number of methoxy groups -OCH3 is 2. The van der Waals surface area contributed by atoms with Crippen molar-refractivity contribution in [1.82, 2.24) is 9.47 Å². The largest absolute Gasteiger partial charge is 0.493 e. The van der Waals surface area contributed by atoms with Crippen molar-refractivity contribution in [3.63, 3.8) is 0 Å². The molecule has 2 aliphatic heterocycles. The predicted molar refractivity (Wildman–Crippen MR) is 140 cm³/mol. The van der Waals surface area contributed by atoms with E-state index in [1.165, 1.54) is 34.9 Å². The maximum atomic E-state index is 11.7. The number of aliphatic hydroxyl groups excluding tert-OH is 1.